The quantitative estimate of drug-likeness (QED) is 0.350. The lowest BCUT2D eigenvalue weighted by atomic mass is 9.39. The normalized spacial score (nSPS) is 30.8. The molecule has 2 amide bonds. The Morgan fingerprint density at radius 2 is 2.00 bits per heavy atom. The van der Waals surface area contributed by atoms with Gasteiger partial charge in [-0.3, -0.25) is 9.89 Å². The van der Waals surface area contributed by atoms with Crippen molar-refractivity contribution in [2.75, 3.05) is 39.3 Å². The number of sulfonamides is 1. The molecule has 12 nitrogen and oxygen atoms in total. The lowest BCUT2D eigenvalue weighted by Crippen LogP contribution is -2.77. The SMILES string of the molecule is Cc1c(F)cccc1C1N=C(c2nccs2)NC(CN2CCN3C(=O)N(C45CC(CNS(=O)(=O)C6CC6)(C4)C5)CC3C2)=C1C(=O)O. The second-order valence-corrected chi connectivity index (χ2v) is 16.7. The zero-order valence-electron chi connectivity index (χ0n) is 25.4. The molecule has 4 saturated carbocycles. The number of halogens is 1. The summed E-state index contributed by atoms with van der Waals surface area (Å²) < 4.78 is 42.1. The monoisotopic (exact) mass is 669 g/mol. The number of aliphatic imine (C=N–C) groups is 1. The number of benzene rings is 1. The average molecular weight is 670 g/mol. The van der Waals surface area contributed by atoms with Gasteiger partial charge < -0.3 is 20.2 Å². The van der Waals surface area contributed by atoms with Crippen LogP contribution >= 0.6 is 11.3 Å². The minimum atomic E-state index is -3.22. The number of carboxylic acid groups (broad SMARTS) is 1. The van der Waals surface area contributed by atoms with Crippen molar-refractivity contribution in [1.82, 2.24) is 29.7 Å². The Hall–Kier alpha value is -3.40. The van der Waals surface area contributed by atoms with Crippen LogP contribution in [-0.4, -0.2) is 107 Å². The predicted molar refractivity (Wildman–Crippen MR) is 168 cm³/mol. The number of hydrogen-bond acceptors (Lipinski definition) is 9. The van der Waals surface area contributed by atoms with Gasteiger partial charge in [0.15, 0.2) is 10.8 Å². The molecule has 2 atom stereocenters. The summed E-state index contributed by atoms with van der Waals surface area (Å²) in [7, 11) is -3.22. The fourth-order valence-corrected chi connectivity index (χ4v) is 10.4. The van der Waals surface area contributed by atoms with Crippen LogP contribution in [0.1, 0.15) is 54.3 Å². The lowest BCUT2D eigenvalue weighted by Gasteiger charge is -2.73. The molecule has 3 N–H and O–H groups in total. The van der Waals surface area contributed by atoms with E-state index in [2.05, 4.69) is 19.9 Å². The van der Waals surface area contributed by atoms with Crippen LogP contribution in [0.3, 0.4) is 0 Å². The molecule has 1 aromatic heterocycles. The molecule has 3 aliphatic heterocycles. The maximum atomic E-state index is 14.6. The highest BCUT2D eigenvalue weighted by atomic mass is 32.2. The molecular formula is C31H36FN7O5S2. The number of hydrogen-bond donors (Lipinski definition) is 3. The van der Waals surface area contributed by atoms with Crippen molar-refractivity contribution in [3.05, 3.63) is 63.0 Å². The molecule has 2 saturated heterocycles. The Labute approximate surface area is 270 Å². The van der Waals surface area contributed by atoms with Crippen molar-refractivity contribution in [3.8, 4) is 0 Å². The van der Waals surface area contributed by atoms with E-state index in [4.69, 9.17) is 4.99 Å². The van der Waals surface area contributed by atoms with Crippen molar-refractivity contribution in [3.63, 3.8) is 0 Å². The second-order valence-electron chi connectivity index (χ2n) is 13.8. The highest BCUT2D eigenvalue weighted by Gasteiger charge is 2.72. The summed E-state index contributed by atoms with van der Waals surface area (Å²) in [5.41, 5.74) is 1.15. The molecule has 4 aliphatic carbocycles. The van der Waals surface area contributed by atoms with Gasteiger partial charge in [0.2, 0.25) is 10.0 Å². The number of aliphatic carboxylic acids is 1. The topological polar surface area (TPSA) is 148 Å². The fraction of sp³-hybridized carbons (Fsp3) is 0.548. The third-order valence-electron chi connectivity index (χ3n) is 10.7. The van der Waals surface area contributed by atoms with E-state index >= 15 is 0 Å². The van der Waals surface area contributed by atoms with Gasteiger partial charge in [-0.2, -0.15) is 0 Å². The second kappa shape index (κ2) is 10.6. The number of rotatable bonds is 10. The minimum Gasteiger partial charge on any atom is -0.478 e. The third-order valence-corrected chi connectivity index (χ3v) is 13.4. The molecule has 4 heterocycles. The predicted octanol–water partition coefficient (Wildman–Crippen LogP) is 2.45. The van der Waals surface area contributed by atoms with Crippen molar-refractivity contribution < 1.29 is 27.5 Å². The summed E-state index contributed by atoms with van der Waals surface area (Å²) in [6.45, 7) is 4.65. The van der Waals surface area contributed by atoms with E-state index in [1.165, 1.54) is 17.4 Å². The number of amidine groups is 1. The van der Waals surface area contributed by atoms with E-state index in [-0.39, 0.29) is 33.8 Å². The number of aromatic nitrogens is 1. The zero-order chi connectivity index (χ0) is 32.0. The zero-order valence-corrected chi connectivity index (χ0v) is 27.0. The Kier molecular flexibility index (Phi) is 6.88. The van der Waals surface area contributed by atoms with E-state index < -0.39 is 27.9 Å². The van der Waals surface area contributed by atoms with Gasteiger partial charge >= 0.3 is 12.0 Å². The first-order valence-electron chi connectivity index (χ1n) is 15.7. The van der Waals surface area contributed by atoms with Crippen molar-refractivity contribution in [2.24, 2.45) is 10.4 Å². The number of urea groups is 1. The minimum absolute atomic E-state index is 0.0366. The molecule has 0 spiro atoms. The van der Waals surface area contributed by atoms with Crippen LogP contribution in [0, 0.1) is 18.2 Å². The van der Waals surface area contributed by atoms with Crippen LogP contribution in [0.2, 0.25) is 0 Å². The van der Waals surface area contributed by atoms with Gasteiger partial charge in [0.25, 0.3) is 0 Å². The van der Waals surface area contributed by atoms with Crippen LogP contribution < -0.4 is 10.0 Å². The Morgan fingerprint density at radius 3 is 2.70 bits per heavy atom. The number of thiazole rings is 1. The van der Waals surface area contributed by atoms with Crippen LogP contribution in [0.5, 0.6) is 0 Å². The van der Waals surface area contributed by atoms with Crippen molar-refractivity contribution >= 4 is 39.2 Å². The summed E-state index contributed by atoms with van der Waals surface area (Å²) >= 11 is 1.38. The highest BCUT2D eigenvalue weighted by Crippen LogP contribution is 2.70. The standard InChI is InChI=1S/C31H36FN7O5S2/c1-18-21(3-2-4-22(18)32)25-24(28(40)41)23(35-26(36-25)27-33-7-10-45-27)13-37-8-9-38-19(11-37)12-39(29(38)42)31-14-30(15-31,16-31)17-34-46(43,44)20-5-6-20/h2-4,7,10,19-20,25,34H,5-6,8-9,11-17H2,1H3,(H,35,36)(H,40,41). The largest absolute Gasteiger partial charge is 0.478 e. The summed E-state index contributed by atoms with van der Waals surface area (Å²) in [5.74, 6) is -1.11. The average Bonchev–Trinajstić information content (AvgIpc) is 3.62. The number of piperazine rings is 1. The summed E-state index contributed by atoms with van der Waals surface area (Å²) in [5, 5.41) is 15.9. The molecule has 7 aliphatic rings. The van der Waals surface area contributed by atoms with Gasteiger partial charge in [0, 0.05) is 62.1 Å². The molecule has 15 heteroatoms. The van der Waals surface area contributed by atoms with Gasteiger partial charge in [-0.05, 0) is 61.6 Å². The number of nitrogens with zero attached hydrogens (tertiary/aromatic N) is 5. The molecule has 9 rings (SSSR count). The van der Waals surface area contributed by atoms with Crippen LogP contribution in [0.15, 0.2) is 46.0 Å². The number of amides is 2. The lowest BCUT2D eigenvalue weighted by molar-refractivity contribution is -0.194. The Bertz CT molecular complexity index is 1770. The van der Waals surface area contributed by atoms with E-state index in [1.807, 2.05) is 15.2 Å². The van der Waals surface area contributed by atoms with Gasteiger partial charge in [-0.15, -0.1) is 11.3 Å². The number of fused-ring (bicyclic) bond motifs is 1. The summed E-state index contributed by atoms with van der Waals surface area (Å²) in [6, 6.07) is 3.72. The highest BCUT2D eigenvalue weighted by molar-refractivity contribution is 7.90. The first-order valence-corrected chi connectivity index (χ1v) is 18.2. The molecule has 2 aromatic rings. The first-order chi connectivity index (χ1) is 22.0. The molecule has 6 fully saturated rings. The van der Waals surface area contributed by atoms with Gasteiger partial charge in [0.05, 0.1) is 16.9 Å². The fourth-order valence-electron chi connectivity index (χ4n) is 8.26. The summed E-state index contributed by atoms with van der Waals surface area (Å²) in [6.07, 6.45) is 5.60. The maximum Gasteiger partial charge on any atom is 0.335 e. The number of nitrogens with one attached hydrogen (secondary N) is 2. The van der Waals surface area contributed by atoms with Crippen molar-refractivity contribution in [2.45, 2.75) is 61.9 Å². The number of carbonyl (C=O) groups excluding carboxylic acids is 1. The number of carboxylic acids is 1. The molecule has 46 heavy (non-hydrogen) atoms. The number of carbonyl (C=O) groups is 2. The van der Waals surface area contributed by atoms with Crippen LogP contribution in [0.25, 0.3) is 0 Å². The van der Waals surface area contributed by atoms with E-state index in [9.17, 15) is 27.5 Å². The third kappa shape index (κ3) is 4.85. The van der Waals surface area contributed by atoms with Crippen molar-refractivity contribution in [1.29, 1.82) is 0 Å². The summed E-state index contributed by atoms with van der Waals surface area (Å²) in [4.78, 5) is 41.6. The smallest absolute Gasteiger partial charge is 0.335 e. The van der Waals surface area contributed by atoms with E-state index in [1.54, 1.807) is 25.3 Å². The Morgan fingerprint density at radius 1 is 1.22 bits per heavy atom. The molecule has 2 bridgehead atoms. The molecule has 2 unspecified atom stereocenters. The maximum absolute atomic E-state index is 14.6. The van der Waals surface area contributed by atoms with Crippen LogP contribution in [-0.2, 0) is 14.8 Å². The molecule has 244 valence electrons. The van der Waals surface area contributed by atoms with Crippen LogP contribution in [0.4, 0.5) is 9.18 Å². The molecule has 1 aromatic carbocycles. The van der Waals surface area contributed by atoms with Gasteiger partial charge in [0.1, 0.15) is 11.9 Å². The molecular weight excluding hydrogens is 634 g/mol. The van der Waals surface area contributed by atoms with E-state index in [0.29, 0.717) is 66.9 Å². The first kappa shape index (κ1) is 30.0. The van der Waals surface area contributed by atoms with E-state index in [0.717, 1.165) is 32.1 Å². The molecule has 0 radical (unpaired) electrons. The van der Waals surface area contributed by atoms with Gasteiger partial charge in [-0.25, -0.2) is 32.1 Å². The Balaban J connectivity index is 0.981. The van der Waals surface area contributed by atoms with Gasteiger partial charge in [-0.1, -0.05) is 12.1 Å².